The highest BCUT2D eigenvalue weighted by Gasteiger charge is 2.30. The van der Waals surface area contributed by atoms with Gasteiger partial charge in [-0.05, 0) is 31.9 Å². The number of thiazole rings is 1. The van der Waals surface area contributed by atoms with Gasteiger partial charge < -0.3 is 5.32 Å². The van der Waals surface area contributed by atoms with Gasteiger partial charge in [-0.1, -0.05) is 17.7 Å². The van der Waals surface area contributed by atoms with Crippen LogP contribution in [0.3, 0.4) is 0 Å². The first kappa shape index (κ1) is 19.0. The first-order valence-electron chi connectivity index (χ1n) is 8.62. The van der Waals surface area contributed by atoms with Gasteiger partial charge in [-0.3, -0.25) is 4.79 Å². The molecule has 0 saturated carbocycles. The minimum atomic E-state index is -3.43. The Morgan fingerprint density at radius 3 is 2.54 bits per heavy atom. The number of nitrogens with zero attached hydrogens (tertiary/aromatic N) is 2. The molecule has 8 heteroatoms. The zero-order valence-electron chi connectivity index (χ0n) is 14.9. The van der Waals surface area contributed by atoms with Gasteiger partial charge >= 0.3 is 0 Å². The van der Waals surface area contributed by atoms with Crippen LogP contribution in [0.5, 0.6) is 0 Å². The van der Waals surface area contributed by atoms with Crippen molar-refractivity contribution in [3.05, 3.63) is 45.9 Å². The monoisotopic (exact) mass is 393 g/mol. The Morgan fingerprint density at radius 2 is 1.92 bits per heavy atom. The van der Waals surface area contributed by atoms with Crippen LogP contribution in [-0.2, 0) is 21.4 Å². The number of carbonyl (C=O) groups is 1. The fourth-order valence-corrected chi connectivity index (χ4v) is 5.47. The number of aryl methyl sites for hydroxylation is 1. The first-order valence-corrected chi connectivity index (χ1v) is 10.9. The highest BCUT2D eigenvalue weighted by Crippen LogP contribution is 2.32. The number of nitrogens with one attached hydrogen (secondary N) is 1. The van der Waals surface area contributed by atoms with Gasteiger partial charge in [-0.15, -0.1) is 11.3 Å². The van der Waals surface area contributed by atoms with E-state index in [9.17, 15) is 13.2 Å². The molecule has 1 aliphatic heterocycles. The molecule has 0 unspecified atom stereocenters. The number of piperidine rings is 1. The quantitative estimate of drug-likeness (QED) is 0.847. The van der Waals surface area contributed by atoms with Gasteiger partial charge in [-0.25, -0.2) is 13.4 Å². The van der Waals surface area contributed by atoms with E-state index in [0.29, 0.717) is 24.5 Å². The van der Waals surface area contributed by atoms with Crippen molar-refractivity contribution in [2.45, 2.75) is 44.0 Å². The summed E-state index contributed by atoms with van der Waals surface area (Å²) in [6, 6.07) is 7.00. The van der Waals surface area contributed by atoms with Crippen LogP contribution >= 0.6 is 11.3 Å². The van der Waals surface area contributed by atoms with E-state index >= 15 is 0 Å². The largest absolute Gasteiger partial charge is 0.351 e. The first-order chi connectivity index (χ1) is 12.4. The SMILES string of the molecule is CC(=O)NCc1csc(C2CCN(S(=O)(=O)c3ccc(C)cc3)CC2)n1. The Morgan fingerprint density at radius 1 is 1.27 bits per heavy atom. The Balaban J connectivity index is 1.62. The highest BCUT2D eigenvalue weighted by atomic mass is 32.2. The van der Waals surface area contributed by atoms with E-state index in [4.69, 9.17) is 0 Å². The van der Waals surface area contributed by atoms with Crippen LogP contribution in [0.2, 0.25) is 0 Å². The summed E-state index contributed by atoms with van der Waals surface area (Å²) in [5.74, 6) is 0.199. The molecule has 1 aromatic carbocycles. The van der Waals surface area contributed by atoms with Crippen molar-refractivity contribution in [2.75, 3.05) is 13.1 Å². The Kier molecular flexibility index (Phi) is 5.74. The number of hydrogen-bond acceptors (Lipinski definition) is 5. The predicted octanol–water partition coefficient (Wildman–Crippen LogP) is 2.66. The third kappa shape index (κ3) is 4.31. The van der Waals surface area contributed by atoms with Crippen molar-refractivity contribution in [3.8, 4) is 0 Å². The average molecular weight is 394 g/mol. The standard InChI is InChI=1S/C18H23N3O3S2/c1-13-3-5-17(6-4-13)26(23,24)21-9-7-15(8-10-21)18-20-16(12-25-18)11-19-14(2)22/h3-6,12,15H,7-11H2,1-2H3,(H,19,22). The molecule has 3 rings (SSSR count). The topological polar surface area (TPSA) is 79.4 Å². The Labute approximate surface area is 158 Å². The summed E-state index contributed by atoms with van der Waals surface area (Å²) in [7, 11) is -3.43. The number of sulfonamides is 1. The van der Waals surface area contributed by atoms with Crippen molar-refractivity contribution >= 4 is 27.3 Å². The minimum absolute atomic E-state index is 0.0748. The molecule has 1 fully saturated rings. The normalized spacial score (nSPS) is 16.5. The second-order valence-corrected chi connectivity index (χ2v) is 9.41. The lowest BCUT2D eigenvalue weighted by Gasteiger charge is -2.30. The number of rotatable bonds is 5. The summed E-state index contributed by atoms with van der Waals surface area (Å²) in [4.78, 5) is 15.9. The van der Waals surface area contributed by atoms with E-state index in [0.717, 1.165) is 29.1 Å². The van der Waals surface area contributed by atoms with Gasteiger partial charge in [0, 0.05) is 31.3 Å². The van der Waals surface area contributed by atoms with Crippen LogP contribution in [0.4, 0.5) is 0 Å². The van der Waals surface area contributed by atoms with Crippen LogP contribution in [0.1, 0.15) is 41.9 Å². The molecule has 0 bridgehead atoms. The molecular formula is C18H23N3O3S2. The maximum atomic E-state index is 12.8. The van der Waals surface area contributed by atoms with Crippen molar-refractivity contribution in [1.29, 1.82) is 0 Å². The Bertz CT molecular complexity index is 867. The maximum absolute atomic E-state index is 12.8. The molecule has 1 amide bonds. The number of benzene rings is 1. The van der Waals surface area contributed by atoms with Gasteiger partial charge in [0.05, 0.1) is 22.1 Å². The molecule has 2 heterocycles. The van der Waals surface area contributed by atoms with Crippen molar-refractivity contribution < 1.29 is 13.2 Å². The van der Waals surface area contributed by atoms with Crippen LogP contribution in [0.15, 0.2) is 34.5 Å². The number of amides is 1. The molecule has 140 valence electrons. The average Bonchev–Trinajstić information content (AvgIpc) is 3.09. The summed E-state index contributed by atoms with van der Waals surface area (Å²) in [6.45, 7) is 4.86. The maximum Gasteiger partial charge on any atom is 0.243 e. The van der Waals surface area contributed by atoms with Crippen LogP contribution in [0, 0.1) is 6.92 Å². The molecule has 1 saturated heterocycles. The Hall–Kier alpha value is -1.77. The minimum Gasteiger partial charge on any atom is -0.351 e. The molecule has 0 aliphatic carbocycles. The molecule has 2 aromatic rings. The second-order valence-electron chi connectivity index (χ2n) is 6.58. The van der Waals surface area contributed by atoms with E-state index in [1.807, 2.05) is 24.4 Å². The summed E-state index contributed by atoms with van der Waals surface area (Å²) in [5.41, 5.74) is 1.90. The third-order valence-corrected chi connectivity index (χ3v) is 7.52. The van der Waals surface area contributed by atoms with Crippen LogP contribution in [-0.4, -0.2) is 36.7 Å². The van der Waals surface area contributed by atoms with Crippen molar-refractivity contribution in [3.63, 3.8) is 0 Å². The summed E-state index contributed by atoms with van der Waals surface area (Å²) < 4.78 is 27.1. The third-order valence-electron chi connectivity index (χ3n) is 4.55. The lowest BCUT2D eigenvalue weighted by molar-refractivity contribution is -0.119. The molecule has 26 heavy (non-hydrogen) atoms. The van der Waals surface area contributed by atoms with Gasteiger partial charge in [-0.2, -0.15) is 4.31 Å². The number of hydrogen-bond donors (Lipinski definition) is 1. The summed E-state index contributed by atoms with van der Waals surface area (Å²) in [5, 5.41) is 5.73. The van der Waals surface area contributed by atoms with Gasteiger partial charge in [0.25, 0.3) is 0 Å². The lowest BCUT2D eigenvalue weighted by atomic mass is 9.99. The molecule has 1 N–H and O–H groups in total. The van der Waals surface area contributed by atoms with Crippen LogP contribution < -0.4 is 5.32 Å². The molecule has 0 spiro atoms. The van der Waals surface area contributed by atoms with Crippen LogP contribution in [0.25, 0.3) is 0 Å². The van der Waals surface area contributed by atoms with Gasteiger partial charge in [0.1, 0.15) is 0 Å². The van der Waals surface area contributed by atoms with Gasteiger partial charge in [0.2, 0.25) is 15.9 Å². The van der Waals surface area contributed by atoms with E-state index in [-0.39, 0.29) is 11.8 Å². The highest BCUT2D eigenvalue weighted by molar-refractivity contribution is 7.89. The fraction of sp³-hybridized carbons (Fsp3) is 0.444. The van der Waals surface area contributed by atoms with E-state index < -0.39 is 10.0 Å². The smallest absolute Gasteiger partial charge is 0.243 e. The lowest BCUT2D eigenvalue weighted by Crippen LogP contribution is -2.37. The number of carbonyl (C=O) groups excluding carboxylic acids is 1. The summed E-state index contributed by atoms with van der Waals surface area (Å²) in [6.07, 6.45) is 1.52. The van der Waals surface area contributed by atoms with Crippen molar-refractivity contribution in [2.24, 2.45) is 0 Å². The van der Waals surface area contributed by atoms with E-state index in [2.05, 4.69) is 10.3 Å². The second kappa shape index (κ2) is 7.85. The fourth-order valence-electron chi connectivity index (χ4n) is 3.01. The zero-order valence-corrected chi connectivity index (χ0v) is 16.6. The molecular weight excluding hydrogens is 370 g/mol. The molecule has 1 aliphatic rings. The molecule has 0 atom stereocenters. The molecule has 0 radical (unpaired) electrons. The van der Waals surface area contributed by atoms with E-state index in [1.165, 1.54) is 6.92 Å². The molecule has 6 nitrogen and oxygen atoms in total. The summed E-state index contributed by atoms with van der Waals surface area (Å²) >= 11 is 1.58. The van der Waals surface area contributed by atoms with Gasteiger partial charge in [0.15, 0.2) is 0 Å². The number of aromatic nitrogens is 1. The zero-order chi connectivity index (χ0) is 18.7. The van der Waals surface area contributed by atoms with E-state index in [1.54, 1.807) is 27.8 Å². The molecule has 1 aromatic heterocycles. The van der Waals surface area contributed by atoms with Crippen molar-refractivity contribution in [1.82, 2.24) is 14.6 Å². The predicted molar refractivity (Wildman–Crippen MR) is 102 cm³/mol.